The second kappa shape index (κ2) is 10.8. The van der Waals surface area contributed by atoms with Crippen molar-refractivity contribution in [1.29, 1.82) is 0 Å². The van der Waals surface area contributed by atoms with Crippen LogP contribution in [0.25, 0.3) is 11.6 Å². The minimum absolute atomic E-state index is 0.127. The van der Waals surface area contributed by atoms with E-state index in [0.717, 1.165) is 12.0 Å². The zero-order valence-electron chi connectivity index (χ0n) is 24.1. The molecule has 1 aliphatic carbocycles. The maximum Gasteiger partial charge on any atom is 0.255 e. The maximum absolute atomic E-state index is 12.7. The molecule has 2 N–H and O–H groups in total. The monoisotopic (exact) mass is 509 g/mol. The first-order valence-corrected chi connectivity index (χ1v) is 14.0. The van der Waals surface area contributed by atoms with Crippen molar-refractivity contribution in [1.82, 2.24) is 0 Å². The minimum atomic E-state index is -0.168. The van der Waals surface area contributed by atoms with Crippen LogP contribution in [0.2, 0.25) is 0 Å². The molecule has 3 heteroatoms. The third kappa shape index (κ3) is 5.43. The number of anilines is 1. The standard InChI is InChI=1S/C35H43NO2/c1-8-9-10-11-27-21-31-32(35(6,7)24(3)34(31,4)5)22-30(27)23(2)20-25-12-14-26(15-13-25)33(38)36-28-16-18-29(37)19-17-28/h12-22,24,37H,8-11H2,1-7H3,(H,36,38). The molecule has 38 heavy (non-hydrogen) atoms. The molecule has 200 valence electrons. The first kappa shape index (κ1) is 27.7. The molecule has 4 rings (SSSR count). The summed E-state index contributed by atoms with van der Waals surface area (Å²) < 4.78 is 0. The Balaban J connectivity index is 1.63. The van der Waals surface area contributed by atoms with Crippen molar-refractivity contribution in [3.8, 4) is 5.75 Å². The van der Waals surface area contributed by atoms with E-state index in [4.69, 9.17) is 0 Å². The van der Waals surface area contributed by atoms with Gasteiger partial charge in [-0.25, -0.2) is 0 Å². The number of fused-ring (bicyclic) bond motifs is 1. The van der Waals surface area contributed by atoms with Gasteiger partial charge in [-0.3, -0.25) is 4.79 Å². The van der Waals surface area contributed by atoms with Crippen LogP contribution in [-0.4, -0.2) is 11.0 Å². The van der Waals surface area contributed by atoms with E-state index < -0.39 is 0 Å². The van der Waals surface area contributed by atoms with Gasteiger partial charge in [-0.15, -0.1) is 0 Å². The molecule has 3 aromatic rings. The SMILES string of the molecule is CCCCCc1cc2c(cc1C(C)=Cc1ccc(C(=O)Nc3ccc(O)cc3)cc1)C(C)(C)C(C)C2(C)C. The number of phenols is 1. The van der Waals surface area contributed by atoms with Crippen molar-refractivity contribution in [3.05, 3.63) is 94.0 Å². The fraction of sp³-hybridized carbons (Fsp3) is 0.400. The molecule has 0 saturated heterocycles. The molecule has 1 unspecified atom stereocenters. The summed E-state index contributed by atoms with van der Waals surface area (Å²) in [4.78, 5) is 12.7. The Hall–Kier alpha value is -3.33. The molecule has 3 nitrogen and oxygen atoms in total. The van der Waals surface area contributed by atoms with Crippen molar-refractivity contribution >= 4 is 23.2 Å². The summed E-state index contributed by atoms with van der Waals surface area (Å²) in [5.41, 5.74) is 9.68. The lowest BCUT2D eigenvalue weighted by molar-refractivity contribution is 0.102. The number of carbonyl (C=O) groups is 1. The topological polar surface area (TPSA) is 49.3 Å². The van der Waals surface area contributed by atoms with E-state index >= 15 is 0 Å². The lowest BCUT2D eigenvalue weighted by Crippen LogP contribution is -2.30. The third-order valence-corrected chi connectivity index (χ3v) is 8.95. The van der Waals surface area contributed by atoms with E-state index in [1.165, 1.54) is 47.1 Å². The number of unbranched alkanes of at least 4 members (excludes halogenated alkanes) is 2. The number of aryl methyl sites for hydroxylation is 1. The van der Waals surface area contributed by atoms with E-state index in [1.54, 1.807) is 24.3 Å². The molecule has 0 heterocycles. The molecular weight excluding hydrogens is 466 g/mol. The summed E-state index contributed by atoms with van der Waals surface area (Å²) in [7, 11) is 0. The number of hydrogen-bond donors (Lipinski definition) is 2. The number of carbonyl (C=O) groups excluding carboxylic acids is 1. The normalized spacial score (nSPS) is 17.8. The van der Waals surface area contributed by atoms with E-state index in [0.29, 0.717) is 17.2 Å². The van der Waals surface area contributed by atoms with Crippen molar-refractivity contribution in [2.24, 2.45) is 5.92 Å². The van der Waals surface area contributed by atoms with Gasteiger partial charge < -0.3 is 10.4 Å². The number of hydrogen-bond acceptors (Lipinski definition) is 2. The van der Waals surface area contributed by atoms with E-state index in [-0.39, 0.29) is 22.5 Å². The van der Waals surface area contributed by atoms with Crippen LogP contribution in [0, 0.1) is 5.92 Å². The summed E-state index contributed by atoms with van der Waals surface area (Å²) in [6.07, 6.45) is 7.02. The van der Waals surface area contributed by atoms with Crippen LogP contribution in [0.15, 0.2) is 60.7 Å². The predicted molar refractivity (Wildman–Crippen MR) is 161 cm³/mol. The summed E-state index contributed by atoms with van der Waals surface area (Å²) >= 11 is 0. The van der Waals surface area contributed by atoms with Gasteiger partial charge >= 0.3 is 0 Å². The molecule has 1 amide bonds. The second-order valence-electron chi connectivity index (χ2n) is 12.1. The lowest BCUT2D eigenvalue weighted by atomic mass is 9.71. The number of allylic oxidation sites excluding steroid dienone is 1. The molecule has 0 aromatic heterocycles. The molecule has 0 fully saturated rings. The Labute approximate surface area is 229 Å². The van der Waals surface area contributed by atoms with Crippen LogP contribution in [0.5, 0.6) is 5.75 Å². The van der Waals surface area contributed by atoms with Gasteiger partial charge in [0, 0.05) is 11.3 Å². The number of phenolic OH excluding ortho intramolecular Hbond substituents is 1. The largest absolute Gasteiger partial charge is 0.508 e. The molecule has 3 aromatic carbocycles. The first-order chi connectivity index (χ1) is 17.9. The highest BCUT2D eigenvalue weighted by molar-refractivity contribution is 6.04. The molecule has 1 aliphatic rings. The van der Waals surface area contributed by atoms with Crippen molar-refractivity contribution < 1.29 is 9.90 Å². The minimum Gasteiger partial charge on any atom is -0.508 e. The molecule has 0 radical (unpaired) electrons. The Bertz CT molecular complexity index is 1330. The molecular formula is C35H43NO2. The average molecular weight is 510 g/mol. The number of benzene rings is 3. The van der Waals surface area contributed by atoms with Crippen LogP contribution in [0.4, 0.5) is 5.69 Å². The van der Waals surface area contributed by atoms with Gasteiger partial charge in [-0.1, -0.05) is 84.7 Å². The van der Waals surface area contributed by atoms with Gasteiger partial charge in [0.1, 0.15) is 5.75 Å². The van der Waals surface area contributed by atoms with Crippen LogP contribution in [0.1, 0.15) is 106 Å². The van der Waals surface area contributed by atoms with Gasteiger partial charge in [-0.2, -0.15) is 0 Å². The quantitative estimate of drug-likeness (QED) is 0.181. The smallest absolute Gasteiger partial charge is 0.255 e. The maximum atomic E-state index is 12.7. The van der Waals surface area contributed by atoms with Crippen LogP contribution < -0.4 is 5.32 Å². The summed E-state index contributed by atoms with van der Waals surface area (Å²) in [5.74, 6) is 0.570. The highest BCUT2D eigenvalue weighted by atomic mass is 16.3. The van der Waals surface area contributed by atoms with Gasteiger partial charge in [-0.05, 0) is 106 Å². The Kier molecular flexibility index (Phi) is 7.88. The highest BCUT2D eigenvalue weighted by Gasteiger charge is 2.48. The van der Waals surface area contributed by atoms with Crippen molar-refractivity contribution in [3.63, 3.8) is 0 Å². The summed E-state index contributed by atoms with van der Waals surface area (Å²) in [5, 5.41) is 12.3. The highest BCUT2D eigenvalue weighted by Crippen LogP contribution is 2.54. The second-order valence-corrected chi connectivity index (χ2v) is 12.1. The Morgan fingerprint density at radius 3 is 2.13 bits per heavy atom. The Morgan fingerprint density at radius 1 is 0.921 bits per heavy atom. The van der Waals surface area contributed by atoms with Crippen LogP contribution >= 0.6 is 0 Å². The zero-order chi connectivity index (χ0) is 27.7. The summed E-state index contributed by atoms with van der Waals surface area (Å²) in [6, 6.07) is 19.2. The van der Waals surface area contributed by atoms with Crippen LogP contribution in [0.3, 0.4) is 0 Å². The zero-order valence-corrected chi connectivity index (χ0v) is 24.1. The molecule has 0 spiro atoms. The predicted octanol–water partition coefficient (Wildman–Crippen LogP) is 9.14. The van der Waals surface area contributed by atoms with Gasteiger partial charge in [0.25, 0.3) is 5.91 Å². The fourth-order valence-corrected chi connectivity index (χ4v) is 6.03. The number of aromatic hydroxyl groups is 1. The van der Waals surface area contributed by atoms with E-state index in [9.17, 15) is 9.90 Å². The summed E-state index contributed by atoms with van der Waals surface area (Å²) in [6.45, 7) is 16.5. The molecule has 0 aliphatic heterocycles. The number of rotatable bonds is 8. The van der Waals surface area contributed by atoms with Crippen molar-refractivity contribution in [2.45, 2.75) is 85.0 Å². The molecule has 0 saturated carbocycles. The lowest BCUT2D eigenvalue weighted by Gasteiger charge is -2.32. The fourth-order valence-electron chi connectivity index (χ4n) is 6.03. The van der Waals surface area contributed by atoms with E-state index in [1.807, 2.05) is 24.3 Å². The molecule has 0 bridgehead atoms. The number of amides is 1. The van der Waals surface area contributed by atoms with E-state index in [2.05, 4.69) is 72.0 Å². The third-order valence-electron chi connectivity index (χ3n) is 8.95. The first-order valence-electron chi connectivity index (χ1n) is 14.0. The van der Waals surface area contributed by atoms with Gasteiger partial charge in [0.15, 0.2) is 0 Å². The van der Waals surface area contributed by atoms with Crippen LogP contribution in [-0.2, 0) is 17.3 Å². The average Bonchev–Trinajstić information content (AvgIpc) is 3.02. The number of nitrogens with one attached hydrogen (secondary N) is 1. The van der Waals surface area contributed by atoms with Crippen molar-refractivity contribution in [2.75, 3.05) is 5.32 Å². The Morgan fingerprint density at radius 2 is 1.53 bits per heavy atom. The molecule has 1 atom stereocenters. The van der Waals surface area contributed by atoms with Gasteiger partial charge in [0.05, 0.1) is 0 Å². The van der Waals surface area contributed by atoms with Gasteiger partial charge in [0.2, 0.25) is 0 Å².